The number of nitrogens with zero attached hydrogens (tertiary/aromatic N) is 5. The Balaban J connectivity index is 1.66. The lowest BCUT2D eigenvalue weighted by atomic mass is 10.3. The van der Waals surface area contributed by atoms with Gasteiger partial charge in [0.05, 0.1) is 17.6 Å². The zero-order valence-electron chi connectivity index (χ0n) is 10.5. The van der Waals surface area contributed by atoms with Crippen LogP contribution in [0.3, 0.4) is 0 Å². The molecule has 0 bridgehead atoms. The summed E-state index contributed by atoms with van der Waals surface area (Å²) in [5, 5.41) is 30.5. The topological polar surface area (TPSA) is 132 Å². The second-order valence-electron chi connectivity index (χ2n) is 4.12. The number of aromatic nitrogens is 4. The Labute approximate surface area is 113 Å². The quantitative estimate of drug-likeness (QED) is 0.371. The molecule has 0 amide bonds. The molecule has 0 aliphatic heterocycles. The fourth-order valence-electron chi connectivity index (χ4n) is 1.60. The van der Waals surface area contributed by atoms with Crippen molar-refractivity contribution in [3.8, 4) is 0 Å². The predicted octanol–water partition coefficient (Wildman–Crippen LogP) is -0.632. The van der Waals surface area contributed by atoms with E-state index in [-0.39, 0.29) is 12.2 Å². The van der Waals surface area contributed by atoms with Crippen LogP contribution in [0.2, 0.25) is 0 Å². The van der Waals surface area contributed by atoms with Crippen molar-refractivity contribution in [1.29, 1.82) is 0 Å². The number of hydrogen-bond acceptors (Lipinski definition) is 8. The summed E-state index contributed by atoms with van der Waals surface area (Å²) < 4.78 is 6.16. The molecule has 0 fully saturated rings. The molecule has 1 unspecified atom stereocenters. The van der Waals surface area contributed by atoms with Crippen LogP contribution in [0.5, 0.6) is 0 Å². The van der Waals surface area contributed by atoms with Gasteiger partial charge in [0.2, 0.25) is 5.89 Å². The van der Waals surface area contributed by atoms with Gasteiger partial charge in [0, 0.05) is 19.5 Å². The van der Waals surface area contributed by atoms with Gasteiger partial charge >= 0.3 is 5.69 Å². The van der Waals surface area contributed by atoms with Crippen molar-refractivity contribution >= 4 is 5.69 Å². The standard InChI is InChI=1S/C10H14N6O4/c17-9(4-11-2-1-10-12-7-14-20-10)6-15-5-8(3-13-15)16(18)19/h3,5,7,9,11,17H,1-2,4,6H2. The number of hydrogen-bond donors (Lipinski definition) is 2. The fourth-order valence-corrected chi connectivity index (χ4v) is 1.60. The summed E-state index contributed by atoms with van der Waals surface area (Å²) in [5.74, 6) is 0.523. The molecule has 0 saturated heterocycles. The molecule has 0 radical (unpaired) electrons. The number of nitro groups is 1. The monoisotopic (exact) mass is 282 g/mol. The summed E-state index contributed by atoms with van der Waals surface area (Å²) in [4.78, 5) is 13.8. The van der Waals surface area contributed by atoms with Crippen LogP contribution in [0.15, 0.2) is 23.2 Å². The molecular formula is C10H14N6O4. The van der Waals surface area contributed by atoms with E-state index in [4.69, 9.17) is 4.52 Å². The van der Waals surface area contributed by atoms with E-state index in [9.17, 15) is 15.2 Å². The Morgan fingerprint density at radius 1 is 1.60 bits per heavy atom. The first kappa shape index (κ1) is 14.1. The van der Waals surface area contributed by atoms with Crippen molar-refractivity contribution in [3.63, 3.8) is 0 Å². The summed E-state index contributed by atoms with van der Waals surface area (Å²) in [6.45, 7) is 1.10. The van der Waals surface area contributed by atoms with Gasteiger partial charge in [-0.05, 0) is 0 Å². The molecule has 0 saturated carbocycles. The molecule has 2 aromatic heterocycles. The minimum Gasteiger partial charge on any atom is -0.390 e. The lowest BCUT2D eigenvalue weighted by Gasteiger charge is -2.10. The molecular weight excluding hydrogens is 268 g/mol. The van der Waals surface area contributed by atoms with E-state index in [1.54, 1.807) is 0 Å². The number of aliphatic hydroxyl groups excluding tert-OH is 1. The van der Waals surface area contributed by atoms with Gasteiger partial charge in [-0.3, -0.25) is 14.8 Å². The van der Waals surface area contributed by atoms with Crippen LogP contribution in [-0.2, 0) is 13.0 Å². The average Bonchev–Trinajstić information content (AvgIpc) is 3.05. The highest BCUT2D eigenvalue weighted by molar-refractivity contribution is 5.20. The van der Waals surface area contributed by atoms with E-state index >= 15 is 0 Å². The van der Waals surface area contributed by atoms with Crippen molar-refractivity contribution < 1.29 is 14.6 Å². The maximum Gasteiger partial charge on any atom is 0.306 e. The van der Waals surface area contributed by atoms with Crippen molar-refractivity contribution in [2.75, 3.05) is 13.1 Å². The van der Waals surface area contributed by atoms with Crippen LogP contribution in [0, 0.1) is 10.1 Å². The number of nitrogens with one attached hydrogen (secondary N) is 1. The van der Waals surface area contributed by atoms with Crippen LogP contribution in [-0.4, -0.2) is 49.1 Å². The zero-order chi connectivity index (χ0) is 14.4. The Kier molecular flexibility index (Phi) is 4.74. The van der Waals surface area contributed by atoms with E-state index in [0.29, 0.717) is 25.4 Å². The van der Waals surface area contributed by atoms with E-state index < -0.39 is 11.0 Å². The van der Waals surface area contributed by atoms with Crippen molar-refractivity contribution in [2.24, 2.45) is 0 Å². The minimum atomic E-state index is -0.697. The summed E-state index contributed by atoms with van der Waals surface area (Å²) in [5.41, 5.74) is -0.0958. The van der Waals surface area contributed by atoms with Gasteiger partial charge in [-0.15, -0.1) is 0 Å². The molecule has 10 nitrogen and oxygen atoms in total. The Hall–Kier alpha value is -2.33. The maximum atomic E-state index is 10.5. The van der Waals surface area contributed by atoms with Gasteiger partial charge < -0.3 is 14.9 Å². The van der Waals surface area contributed by atoms with Crippen molar-refractivity contribution in [3.05, 3.63) is 34.7 Å². The molecule has 0 aliphatic carbocycles. The first-order valence-corrected chi connectivity index (χ1v) is 5.96. The highest BCUT2D eigenvalue weighted by atomic mass is 16.6. The molecule has 2 heterocycles. The van der Waals surface area contributed by atoms with Crippen LogP contribution in [0.4, 0.5) is 5.69 Å². The second-order valence-corrected chi connectivity index (χ2v) is 4.12. The molecule has 2 aromatic rings. The third-order valence-corrected chi connectivity index (χ3v) is 2.53. The molecule has 0 aliphatic rings. The molecule has 2 rings (SSSR count). The summed E-state index contributed by atoms with van der Waals surface area (Å²) in [7, 11) is 0. The number of rotatable bonds is 8. The van der Waals surface area contributed by atoms with Crippen LogP contribution in [0.1, 0.15) is 5.89 Å². The van der Waals surface area contributed by atoms with Crippen LogP contribution in [0.25, 0.3) is 0 Å². The highest BCUT2D eigenvalue weighted by Crippen LogP contribution is 2.07. The number of aliphatic hydroxyl groups is 1. The van der Waals surface area contributed by atoms with E-state index in [0.717, 1.165) is 6.20 Å². The van der Waals surface area contributed by atoms with Gasteiger partial charge in [-0.2, -0.15) is 10.1 Å². The van der Waals surface area contributed by atoms with Gasteiger partial charge in [0.15, 0.2) is 6.33 Å². The molecule has 0 spiro atoms. The van der Waals surface area contributed by atoms with Gasteiger partial charge in [0.25, 0.3) is 0 Å². The smallest absolute Gasteiger partial charge is 0.306 e. The molecule has 108 valence electrons. The van der Waals surface area contributed by atoms with Gasteiger partial charge in [-0.1, -0.05) is 5.16 Å². The molecule has 0 aromatic carbocycles. The fraction of sp³-hybridized carbons (Fsp3) is 0.500. The minimum absolute atomic E-state index is 0.0958. The normalized spacial score (nSPS) is 12.4. The maximum absolute atomic E-state index is 10.5. The molecule has 20 heavy (non-hydrogen) atoms. The van der Waals surface area contributed by atoms with E-state index in [1.165, 1.54) is 17.2 Å². The summed E-state index contributed by atoms with van der Waals surface area (Å²) in [6, 6.07) is 0. The third kappa shape index (κ3) is 4.10. The lowest BCUT2D eigenvalue weighted by molar-refractivity contribution is -0.385. The van der Waals surface area contributed by atoms with Gasteiger partial charge in [-0.25, -0.2) is 0 Å². The lowest BCUT2D eigenvalue weighted by Crippen LogP contribution is -2.31. The van der Waals surface area contributed by atoms with Gasteiger partial charge in [0.1, 0.15) is 12.4 Å². The zero-order valence-corrected chi connectivity index (χ0v) is 10.5. The third-order valence-electron chi connectivity index (χ3n) is 2.53. The Morgan fingerprint density at radius 3 is 3.10 bits per heavy atom. The van der Waals surface area contributed by atoms with E-state index in [2.05, 4.69) is 20.6 Å². The molecule has 1 atom stereocenters. The first-order chi connectivity index (χ1) is 9.65. The van der Waals surface area contributed by atoms with Crippen molar-refractivity contribution in [1.82, 2.24) is 25.2 Å². The Bertz CT molecular complexity index is 540. The second kappa shape index (κ2) is 6.73. The first-order valence-electron chi connectivity index (χ1n) is 5.96. The summed E-state index contributed by atoms with van der Waals surface area (Å²) >= 11 is 0. The van der Waals surface area contributed by atoms with Crippen LogP contribution >= 0.6 is 0 Å². The molecule has 10 heteroatoms. The predicted molar refractivity (Wildman–Crippen MR) is 65.8 cm³/mol. The SMILES string of the molecule is O=[N+]([O-])c1cnn(CC(O)CNCCc2ncno2)c1. The van der Waals surface area contributed by atoms with Crippen molar-refractivity contribution in [2.45, 2.75) is 19.1 Å². The van der Waals surface area contributed by atoms with Crippen LogP contribution < -0.4 is 5.32 Å². The largest absolute Gasteiger partial charge is 0.390 e. The van der Waals surface area contributed by atoms with E-state index in [1.807, 2.05) is 0 Å². The highest BCUT2D eigenvalue weighted by Gasteiger charge is 2.11. The average molecular weight is 282 g/mol. The summed E-state index contributed by atoms with van der Waals surface area (Å²) in [6.07, 6.45) is 3.63. The Morgan fingerprint density at radius 2 is 2.45 bits per heavy atom. The molecule has 2 N–H and O–H groups in total.